The summed E-state index contributed by atoms with van der Waals surface area (Å²) in [6.07, 6.45) is 1.32. The maximum atomic E-state index is 11.4. The van der Waals surface area contributed by atoms with Crippen molar-refractivity contribution in [1.29, 1.82) is 0 Å². The van der Waals surface area contributed by atoms with Crippen LogP contribution < -0.4 is 5.73 Å². The summed E-state index contributed by atoms with van der Waals surface area (Å²) in [6.45, 7) is 7.81. The molecule has 0 rings (SSSR count). The Bertz CT molecular complexity index is 138. The number of Topliss-reactive ketones (excluding diaryl/α,β-unsaturated/α-hetero) is 1. The minimum absolute atomic E-state index is 0.176. The van der Waals surface area contributed by atoms with Crippen LogP contribution in [0.5, 0.6) is 0 Å². The van der Waals surface area contributed by atoms with Crippen LogP contribution in [0.15, 0.2) is 0 Å². The Hall–Kier alpha value is -0.370. The van der Waals surface area contributed by atoms with E-state index in [4.69, 9.17) is 5.73 Å². The summed E-state index contributed by atoms with van der Waals surface area (Å²) >= 11 is 0. The van der Waals surface area contributed by atoms with Crippen LogP contribution in [-0.2, 0) is 4.79 Å². The van der Waals surface area contributed by atoms with E-state index in [0.717, 1.165) is 6.42 Å². The Morgan fingerprint density at radius 1 is 1.55 bits per heavy atom. The largest absolute Gasteiger partial charge is 0.319 e. The third-order valence-electron chi connectivity index (χ3n) is 1.97. The van der Waals surface area contributed by atoms with Crippen LogP contribution >= 0.6 is 0 Å². The molecule has 66 valence electrons. The third-order valence-corrected chi connectivity index (χ3v) is 1.97. The molecule has 0 aliphatic carbocycles. The summed E-state index contributed by atoms with van der Waals surface area (Å²) < 4.78 is 0. The van der Waals surface area contributed by atoms with Crippen LogP contribution in [0, 0.1) is 5.92 Å². The topological polar surface area (TPSA) is 43.1 Å². The highest BCUT2D eigenvalue weighted by atomic mass is 16.1. The Morgan fingerprint density at radius 2 is 2.00 bits per heavy atom. The minimum atomic E-state index is -0.607. The van der Waals surface area contributed by atoms with Crippen molar-refractivity contribution in [2.24, 2.45) is 11.7 Å². The van der Waals surface area contributed by atoms with Gasteiger partial charge in [0.1, 0.15) is 0 Å². The molecule has 2 nitrogen and oxygen atoms in total. The van der Waals surface area contributed by atoms with Gasteiger partial charge in [0.05, 0.1) is 5.54 Å². The van der Waals surface area contributed by atoms with Crippen LogP contribution in [0.25, 0.3) is 0 Å². The molecule has 0 saturated carbocycles. The lowest BCUT2D eigenvalue weighted by Crippen LogP contribution is -2.44. The fraction of sp³-hybridized carbons (Fsp3) is 0.889. The smallest absolute Gasteiger partial charge is 0.152 e. The van der Waals surface area contributed by atoms with Gasteiger partial charge in [0.2, 0.25) is 0 Å². The van der Waals surface area contributed by atoms with Gasteiger partial charge >= 0.3 is 0 Å². The number of carbonyl (C=O) groups excluding carboxylic acids is 1. The molecule has 2 N–H and O–H groups in total. The van der Waals surface area contributed by atoms with E-state index >= 15 is 0 Å². The molecule has 11 heavy (non-hydrogen) atoms. The molecule has 0 saturated heterocycles. The standard InChI is InChI=1S/C9H19NO/c1-5-9(4,10)8(11)6-7(2)3/h7H,5-6,10H2,1-4H3/t9-/m0/s1. The maximum Gasteiger partial charge on any atom is 0.152 e. The van der Waals surface area contributed by atoms with Crippen LogP contribution in [0.4, 0.5) is 0 Å². The van der Waals surface area contributed by atoms with Crippen molar-refractivity contribution < 1.29 is 4.79 Å². The summed E-state index contributed by atoms with van der Waals surface area (Å²) in [5.41, 5.74) is 5.15. The quantitative estimate of drug-likeness (QED) is 0.675. The molecule has 0 aliphatic heterocycles. The summed E-state index contributed by atoms with van der Waals surface area (Å²) in [7, 11) is 0. The van der Waals surface area contributed by atoms with Gasteiger partial charge in [-0.3, -0.25) is 4.79 Å². The van der Waals surface area contributed by atoms with Crippen LogP contribution in [0.3, 0.4) is 0 Å². The first-order valence-electron chi connectivity index (χ1n) is 4.22. The highest BCUT2D eigenvalue weighted by molar-refractivity contribution is 5.87. The van der Waals surface area contributed by atoms with Gasteiger partial charge in [0.25, 0.3) is 0 Å². The number of carbonyl (C=O) groups is 1. The average molecular weight is 157 g/mol. The highest BCUT2D eigenvalue weighted by Crippen LogP contribution is 2.12. The summed E-state index contributed by atoms with van der Waals surface area (Å²) in [4.78, 5) is 11.4. The first-order valence-corrected chi connectivity index (χ1v) is 4.22. The summed E-state index contributed by atoms with van der Waals surface area (Å²) in [5, 5.41) is 0. The lowest BCUT2D eigenvalue weighted by atomic mass is 9.89. The predicted octanol–water partition coefficient (Wildman–Crippen LogP) is 1.73. The van der Waals surface area contributed by atoms with E-state index in [1.807, 2.05) is 20.8 Å². The summed E-state index contributed by atoms with van der Waals surface area (Å²) in [5.74, 6) is 0.590. The predicted molar refractivity (Wildman–Crippen MR) is 47.3 cm³/mol. The van der Waals surface area contributed by atoms with Crippen molar-refractivity contribution in [3.63, 3.8) is 0 Å². The Labute approximate surface area is 69.2 Å². The van der Waals surface area contributed by atoms with Crippen LogP contribution in [0.2, 0.25) is 0 Å². The first-order chi connectivity index (χ1) is 4.90. The number of ketones is 1. The van der Waals surface area contributed by atoms with Crippen molar-refractivity contribution in [2.45, 2.75) is 46.1 Å². The van der Waals surface area contributed by atoms with E-state index in [9.17, 15) is 4.79 Å². The fourth-order valence-electron chi connectivity index (χ4n) is 0.801. The molecule has 0 aromatic rings. The van der Waals surface area contributed by atoms with Gasteiger partial charge in [-0.2, -0.15) is 0 Å². The second kappa shape index (κ2) is 3.86. The molecule has 0 unspecified atom stereocenters. The molecule has 0 bridgehead atoms. The fourth-order valence-corrected chi connectivity index (χ4v) is 0.801. The van der Waals surface area contributed by atoms with E-state index < -0.39 is 5.54 Å². The molecular formula is C9H19NO. The normalized spacial score (nSPS) is 16.5. The molecule has 1 atom stereocenters. The van der Waals surface area contributed by atoms with E-state index in [1.165, 1.54) is 0 Å². The van der Waals surface area contributed by atoms with Gasteiger partial charge in [0.15, 0.2) is 5.78 Å². The molecule has 2 heteroatoms. The second-order valence-electron chi connectivity index (χ2n) is 3.79. The van der Waals surface area contributed by atoms with Crippen molar-refractivity contribution in [2.75, 3.05) is 0 Å². The molecule has 0 heterocycles. The monoisotopic (exact) mass is 157 g/mol. The van der Waals surface area contributed by atoms with Crippen molar-refractivity contribution in [1.82, 2.24) is 0 Å². The highest BCUT2D eigenvalue weighted by Gasteiger charge is 2.25. The van der Waals surface area contributed by atoms with Gasteiger partial charge < -0.3 is 5.73 Å². The molecule has 0 aliphatic rings. The minimum Gasteiger partial charge on any atom is -0.319 e. The van der Waals surface area contributed by atoms with Gasteiger partial charge in [-0.15, -0.1) is 0 Å². The molecule has 0 radical (unpaired) electrons. The Kier molecular flexibility index (Phi) is 3.73. The van der Waals surface area contributed by atoms with Crippen LogP contribution in [-0.4, -0.2) is 11.3 Å². The number of nitrogens with two attached hydrogens (primary N) is 1. The third kappa shape index (κ3) is 3.51. The van der Waals surface area contributed by atoms with E-state index in [-0.39, 0.29) is 5.78 Å². The Morgan fingerprint density at radius 3 is 2.27 bits per heavy atom. The molecule has 0 spiro atoms. The lowest BCUT2D eigenvalue weighted by molar-refractivity contribution is -0.124. The van der Waals surface area contributed by atoms with Gasteiger partial charge in [0, 0.05) is 6.42 Å². The van der Waals surface area contributed by atoms with Crippen molar-refractivity contribution in [3.8, 4) is 0 Å². The first kappa shape index (κ1) is 10.6. The lowest BCUT2D eigenvalue weighted by Gasteiger charge is -2.21. The van der Waals surface area contributed by atoms with Gasteiger partial charge in [-0.1, -0.05) is 20.8 Å². The Balaban J connectivity index is 4.02. The van der Waals surface area contributed by atoms with Gasteiger partial charge in [-0.05, 0) is 19.3 Å². The van der Waals surface area contributed by atoms with Crippen molar-refractivity contribution in [3.05, 3.63) is 0 Å². The number of rotatable bonds is 4. The number of hydrogen-bond donors (Lipinski definition) is 1. The van der Waals surface area contributed by atoms with Crippen molar-refractivity contribution >= 4 is 5.78 Å². The van der Waals surface area contributed by atoms with Gasteiger partial charge in [-0.25, -0.2) is 0 Å². The molecular weight excluding hydrogens is 138 g/mol. The molecule has 0 fully saturated rings. The van der Waals surface area contributed by atoms with E-state index in [0.29, 0.717) is 12.3 Å². The SMILES string of the molecule is CC[C@](C)(N)C(=O)CC(C)C. The zero-order chi connectivity index (χ0) is 9.07. The van der Waals surface area contributed by atoms with E-state index in [2.05, 4.69) is 0 Å². The molecule has 0 aromatic heterocycles. The zero-order valence-electron chi connectivity index (χ0n) is 7.98. The average Bonchev–Trinajstić information content (AvgIpc) is 1.86. The number of hydrogen-bond acceptors (Lipinski definition) is 2. The second-order valence-corrected chi connectivity index (χ2v) is 3.79. The zero-order valence-corrected chi connectivity index (χ0v) is 7.98. The maximum absolute atomic E-state index is 11.4. The summed E-state index contributed by atoms with van der Waals surface area (Å²) in [6, 6.07) is 0. The van der Waals surface area contributed by atoms with E-state index in [1.54, 1.807) is 6.92 Å². The van der Waals surface area contributed by atoms with Crippen LogP contribution in [0.1, 0.15) is 40.5 Å². The molecule has 0 aromatic carbocycles. The molecule has 0 amide bonds.